The zero-order valence-electron chi connectivity index (χ0n) is 12.9. The summed E-state index contributed by atoms with van der Waals surface area (Å²) in [5.74, 6) is 0.865. The van der Waals surface area contributed by atoms with Crippen LogP contribution in [-0.2, 0) is 13.0 Å². The SMILES string of the molecule is OCc1ccccc1Pc1cc(CC2C=CC=CC2)ccc1O. The van der Waals surface area contributed by atoms with E-state index in [2.05, 4.69) is 30.4 Å². The van der Waals surface area contributed by atoms with E-state index in [-0.39, 0.29) is 6.61 Å². The van der Waals surface area contributed by atoms with Crippen LogP contribution in [0.5, 0.6) is 5.75 Å². The van der Waals surface area contributed by atoms with E-state index in [0.29, 0.717) is 20.2 Å². The summed E-state index contributed by atoms with van der Waals surface area (Å²) in [5.41, 5.74) is 2.17. The van der Waals surface area contributed by atoms with Crippen LogP contribution in [0.25, 0.3) is 0 Å². The molecule has 0 saturated carbocycles. The van der Waals surface area contributed by atoms with Gasteiger partial charge >= 0.3 is 0 Å². The van der Waals surface area contributed by atoms with Crippen LogP contribution in [0.1, 0.15) is 17.5 Å². The van der Waals surface area contributed by atoms with Gasteiger partial charge in [-0.05, 0) is 47.3 Å². The Morgan fingerprint density at radius 3 is 2.70 bits per heavy atom. The molecule has 0 aliphatic heterocycles. The second kappa shape index (κ2) is 7.59. The average molecular weight is 324 g/mol. The Hall–Kier alpha value is -1.89. The van der Waals surface area contributed by atoms with Crippen molar-refractivity contribution >= 4 is 19.2 Å². The van der Waals surface area contributed by atoms with Crippen molar-refractivity contribution in [3.63, 3.8) is 0 Å². The van der Waals surface area contributed by atoms with Gasteiger partial charge < -0.3 is 10.2 Å². The minimum absolute atomic E-state index is 0.0306. The van der Waals surface area contributed by atoms with Gasteiger partial charge in [-0.3, -0.25) is 0 Å². The van der Waals surface area contributed by atoms with Crippen LogP contribution in [0.2, 0.25) is 0 Å². The van der Waals surface area contributed by atoms with Crippen molar-refractivity contribution in [1.29, 1.82) is 0 Å². The van der Waals surface area contributed by atoms with Crippen LogP contribution in [-0.4, -0.2) is 10.2 Å². The Kier molecular flexibility index (Phi) is 5.27. The van der Waals surface area contributed by atoms with Crippen molar-refractivity contribution in [3.05, 3.63) is 77.9 Å². The monoisotopic (exact) mass is 324 g/mol. The lowest BCUT2D eigenvalue weighted by atomic mass is 9.93. The molecule has 0 spiro atoms. The molecule has 118 valence electrons. The van der Waals surface area contributed by atoms with Crippen LogP contribution in [0.4, 0.5) is 0 Å². The van der Waals surface area contributed by atoms with Crippen LogP contribution in [0.15, 0.2) is 66.8 Å². The first-order valence-corrected chi connectivity index (χ1v) is 8.87. The first-order valence-electron chi connectivity index (χ1n) is 7.87. The fourth-order valence-corrected chi connectivity index (χ4v) is 4.08. The van der Waals surface area contributed by atoms with E-state index in [1.807, 2.05) is 30.3 Å². The summed E-state index contributed by atoms with van der Waals surface area (Å²) in [7, 11) is 0.348. The molecule has 0 aromatic heterocycles. The highest BCUT2D eigenvalue weighted by Gasteiger charge is 2.10. The molecule has 1 aliphatic rings. The molecule has 2 unspecified atom stereocenters. The third-order valence-corrected chi connectivity index (χ3v) is 5.51. The molecule has 0 heterocycles. The summed E-state index contributed by atoms with van der Waals surface area (Å²) in [6.07, 6.45) is 10.7. The number of allylic oxidation sites excluding steroid dienone is 4. The van der Waals surface area contributed by atoms with Gasteiger partial charge in [0.15, 0.2) is 0 Å². The highest BCUT2D eigenvalue weighted by Crippen LogP contribution is 2.24. The molecule has 0 amide bonds. The number of phenolic OH excluding ortho intramolecular Hbond substituents is 1. The van der Waals surface area contributed by atoms with Crippen molar-refractivity contribution in [1.82, 2.24) is 0 Å². The van der Waals surface area contributed by atoms with Crippen molar-refractivity contribution < 1.29 is 10.2 Å². The molecular formula is C20H21O2P. The molecular weight excluding hydrogens is 303 g/mol. The molecule has 2 aromatic rings. The summed E-state index contributed by atoms with van der Waals surface area (Å²) in [6, 6.07) is 13.8. The van der Waals surface area contributed by atoms with Crippen LogP contribution < -0.4 is 10.6 Å². The average Bonchev–Trinajstić information content (AvgIpc) is 2.59. The molecule has 2 atom stereocenters. The lowest BCUT2D eigenvalue weighted by Crippen LogP contribution is -2.11. The van der Waals surface area contributed by atoms with E-state index in [1.165, 1.54) is 5.56 Å². The fourth-order valence-electron chi connectivity index (χ4n) is 2.82. The molecule has 3 heteroatoms. The first kappa shape index (κ1) is 16.0. The Morgan fingerprint density at radius 2 is 1.91 bits per heavy atom. The molecule has 0 fully saturated rings. The van der Waals surface area contributed by atoms with Gasteiger partial charge in [0.05, 0.1) is 6.61 Å². The summed E-state index contributed by atoms with van der Waals surface area (Å²) in [5, 5.41) is 21.7. The van der Waals surface area contributed by atoms with Gasteiger partial charge in [-0.2, -0.15) is 0 Å². The minimum Gasteiger partial charge on any atom is -0.507 e. The van der Waals surface area contributed by atoms with E-state index < -0.39 is 0 Å². The zero-order valence-corrected chi connectivity index (χ0v) is 13.9. The second-order valence-electron chi connectivity index (χ2n) is 5.80. The van der Waals surface area contributed by atoms with E-state index in [1.54, 1.807) is 6.07 Å². The fraction of sp³-hybridized carbons (Fsp3) is 0.200. The molecule has 0 saturated heterocycles. The maximum atomic E-state index is 10.2. The van der Waals surface area contributed by atoms with Gasteiger partial charge in [-0.15, -0.1) is 0 Å². The van der Waals surface area contributed by atoms with Gasteiger partial charge in [0, 0.05) is 5.30 Å². The number of aromatic hydroxyl groups is 1. The predicted octanol–water partition coefficient (Wildman–Crippen LogP) is 3.19. The number of benzene rings is 2. The van der Waals surface area contributed by atoms with E-state index in [0.717, 1.165) is 29.0 Å². The predicted molar refractivity (Wildman–Crippen MR) is 98.1 cm³/mol. The molecule has 2 nitrogen and oxygen atoms in total. The van der Waals surface area contributed by atoms with E-state index in [9.17, 15) is 10.2 Å². The van der Waals surface area contributed by atoms with E-state index >= 15 is 0 Å². The molecule has 2 aromatic carbocycles. The van der Waals surface area contributed by atoms with Crippen molar-refractivity contribution in [2.75, 3.05) is 0 Å². The molecule has 23 heavy (non-hydrogen) atoms. The quantitative estimate of drug-likeness (QED) is 0.829. The summed E-state index contributed by atoms with van der Waals surface area (Å²) in [4.78, 5) is 0. The number of hydrogen-bond acceptors (Lipinski definition) is 2. The van der Waals surface area contributed by atoms with E-state index in [4.69, 9.17) is 0 Å². The normalized spacial score (nSPS) is 17.2. The Morgan fingerprint density at radius 1 is 1.04 bits per heavy atom. The Balaban J connectivity index is 1.80. The smallest absolute Gasteiger partial charge is 0.123 e. The van der Waals surface area contributed by atoms with Crippen molar-refractivity contribution in [3.8, 4) is 5.75 Å². The van der Waals surface area contributed by atoms with Gasteiger partial charge in [0.1, 0.15) is 5.75 Å². The Bertz CT molecular complexity index is 734. The third kappa shape index (κ3) is 4.10. The number of hydrogen-bond donors (Lipinski definition) is 2. The molecule has 0 bridgehead atoms. The Labute approximate surface area is 139 Å². The maximum Gasteiger partial charge on any atom is 0.123 e. The van der Waals surface area contributed by atoms with Crippen molar-refractivity contribution in [2.24, 2.45) is 5.92 Å². The largest absolute Gasteiger partial charge is 0.507 e. The minimum atomic E-state index is 0.0306. The molecule has 1 aliphatic carbocycles. The summed E-state index contributed by atoms with van der Waals surface area (Å²) < 4.78 is 0. The zero-order chi connectivity index (χ0) is 16.1. The number of aliphatic hydroxyl groups excluding tert-OH is 1. The highest BCUT2D eigenvalue weighted by atomic mass is 31.1. The van der Waals surface area contributed by atoms with Gasteiger partial charge in [0.25, 0.3) is 0 Å². The molecule has 3 rings (SSSR count). The van der Waals surface area contributed by atoms with Gasteiger partial charge in [0.2, 0.25) is 0 Å². The van der Waals surface area contributed by atoms with Crippen molar-refractivity contribution in [2.45, 2.75) is 19.4 Å². The first-order chi connectivity index (χ1) is 11.3. The molecule has 2 N–H and O–H groups in total. The van der Waals surface area contributed by atoms with Crippen LogP contribution in [0.3, 0.4) is 0 Å². The maximum absolute atomic E-state index is 10.2. The summed E-state index contributed by atoms with van der Waals surface area (Å²) in [6.45, 7) is 0.0306. The topological polar surface area (TPSA) is 40.5 Å². The lowest BCUT2D eigenvalue weighted by molar-refractivity contribution is 0.283. The number of phenols is 1. The summed E-state index contributed by atoms with van der Waals surface area (Å²) >= 11 is 0. The molecule has 0 radical (unpaired) electrons. The second-order valence-corrected chi connectivity index (χ2v) is 7.13. The van der Waals surface area contributed by atoms with Crippen LogP contribution in [0, 0.1) is 5.92 Å². The standard InChI is InChI=1S/C20H21O2P/c21-14-17-8-4-5-9-19(17)23-20-13-16(10-11-18(20)22)12-15-6-2-1-3-7-15/h1-6,8-11,13,15,21-23H,7,12,14H2. The lowest BCUT2D eigenvalue weighted by Gasteiger charge is -2.15. The number of aliphatic hydroxyl groups is 1. The van der Waals surface area contributed by atoms with Gasteiger partial charge in [-0.25, -0.2) is 0 Å². The van der Waals surface area contributed by atoms with Gasteiger partial charge in [-0.1, -0.05) is 63.2 Å². The third-order valence-electron chi connectivity index (χ3n) is 4.09. The van der Waals surface area contributed by atoms with Crippen LogP contribution >= 0.6 is 8.58 Å². The number of rotatable bonds is 5. The highest BCUT2D eigenvalue weighted by molar-refractivity contribution is 7.55.